The van der Waals surface area contributed by atoms with Gasteiger partial charge >= 0.3 is 0 Å². The van der Waals surface area contributed by atoms with Crippen LogP contribution in [0.15, 0.2) is 18.3 Å². The van der Waals surface area contributed by atoms with Crippen molar-refractivity contribution in [1.82, 2.24) is 9.88 Å². The van der Waals surface area contributed by atoms with Crippen LogP contribution in [0.2, 0.25) is 0 Å². The van der Waals surface area contributed by atoms with Crippen LogP contribution in [0.5, 0.6) is 5.75 Å². The van der Waals surface area contributed by atoms with Crippen LogP contribution in [-0.4, -0.2) is 46.7 Å². The number of aromatic nitrogens is 1. The highest BCUT2D eigenvalue weighted by Crippen LogP contribution is 2.31. The van der Waals surface area contributed by atoms with Crippen molar-refractivity contribution in [3.63, 3.8) is 0 Å². The highest BCUT2D eigenvalue weighted by Gasteiger charge is 2.41. The van der Waals surface area contributed by atoms with Crippen LogP contribution in [0.3, 0.4) is 0 Å². The summed E-state index contributed by atoms with van der Waals surface area (Å²) in [4.78, 5) is 18.2. The van der Waals surface area contributed by atoms with Crippen LogP contribution in [0.25, 0.3) is 0 Å². The van der Waals surface area contributed by atoms with Crippen molar-refractivity contribution in [3.05, 3.63) is 24.0 Å². The van der Waals surface area contributed by atoms with Gasteiger partial charge in [0, 0.05) is 24.7 Å². The Hall–Kier alpha value is -1.62. The van der Waals surface area contributed by atoms with Crippen molar-refractivity contribution in [2.24, 2.45) is 5.41 Å². The van der Waals surface area contributed by atoms with E-state index >= 15 is 0 Å². The standard InChI is InChI=1S/C14H20N2O3/c1-10(2)19-11-5-4-6-15-12(11)13(18)16-7-14(3,8-16)9-17/h4-6,10,17H,7-9H2,1-3H3. The van der Waals surface area contributed by atoms with Gasteiger partial charge in [-0.1, -0.05) is 6.92 Å². The maximum Gasteiger partial charge on any atom is 0.276 e. The molecule has 1 saturated heterocycles. The topological polar surface area (TPSA) is 62.7 Å². The molecule has 1 aliphatic heterocycles. The van der Waals surface area contributed by atoms with Gasteiger partial charge in [0.1, 0.15) is 0 Å². The van der Waals surface area contributed by atoms with Crippen molar-refractivity contribution >= 4 is 5.91 Å². The first-order valence-corrected chi connectivity index (χ1v) is 6.47. The van der Waals surface area contributed by atoms with E-state index in [1.807, 2.05) is 20.8 Å². The summed E-state index contributed by atoms with van der Waals surface area (Å²) in [6, 6.07) is 3.51. The SMILES string of the molecule is CC(C)Oc1cccnc1C(=O)N1CC(C)(CO)C1. The molecule has 5 heteroatoms. The molecule has 0 atom stereocenters. The lowest BCUT2D eigenvalue weighted by Gasteiger charge is -2.46. The van der Waals surface area contributed by atoms with Gasteiger partial charge < -0.3 is 14.7 Å². The van der Waals surface area contributed by atoms with E-state index in [1.54, 1.807) is 23.2 Å². The number of aliphatic hydroxyl groups excluding tert-OH is 1. The number of pyridine rings is 1. The van der Waals surface area contributed by atoms with E-state index in [9.17, 15) is 9.90 Å². The van der Waals surface area contributed by atoms with Crippen molar-refractivity contribution < 1.29 is 14.6 Å². The largest absolute Gasteiger partial charge is 0.489 e. The summed E-state index contributed by atoms with van der Waals surface area (Å²) in [7, 11) is 0. The third kappa shape index (κ3) is 2.87. The molecule has 1 aliphatic rings. The number of likely N-dealkylation sites (tertiary alicyclic amines) is 1. The molecular weight excluding hydrogens is 244 g/mol. The Bertz CT molecular complexity index is 468. The minimum Gasteiger partial charge on any atom is -0.489 e. The molecule has 0 unspecified atom stereocenters. The van der Waals surface area contributed by atoms with Gasteiger partial charge in [-0.3, -0.25) is 4.79 Å². The maximum absolute atomic E-state index is 12.3. The predicted molar refractivity (Wildman–Crippen MR) is 71.1 cm³/mol. The first-order chi connectivity index (χ1) is 8.95. The third-order valence-corrected chi connectivity index (χ3v) is 3.15. The van der Waals surface area contributed by atoms with Crippen LogP contribution in [0.4, 0.5) is 0 Å². The Labute approximate surface area is 113 Å². The Kier molecular flexibility index (Phi) is 3.75. The number of aliphatic hydroxyl groups is 1. The summed E-state index contributed by atoms with van der Waals surface area (Å²) in [5, 5.41) is 9.21. The molecule has 2 heterocycles. The van der Waals surface area contributed by atoms with E-state index in [0.717, 1.165) is 0 Å². The molecule has 1 fully saturated rings. The number of rotatable bonds is 4. The maximum atomic E-state index is 12.3. The Balaban J connectivity index is 2.12. The second kappa shape index (κ2) is 5.17. The van der Waals surface area contributed by atoms with Crippen molar-refractivity contribution in [2.45, 2.75) is 26.9 Å². The Morgan fingerprint density at radius 1 is 1.58 bits per heavy atom. The molecule has 19 heavy (non-hydrogen) atoms. The number of amides is 1. The summed E-state index contributed by atoms with van der Waals surface area (Å²) >= 11 is 0. The molecule has 1 aromatic rings. The molecule has 1 aromatic heterocycles. The number of nitrogens with zero attached hydrogens (tertiary/aromatic N) is 2. The first kappa shape index (κ1) is 13.8. The van der Waals surface area contributed by atoms with Gasteiger partial charge in [-0.15, -0.1) is 0 Å². The highest BCUT2D eigenvalue weighted by atomic mass is 16.5. The molecule has 1 N–H and O–H groups in total. The van der Waals surface area contributed by atoms with Gasteiger partial charge in [0.05, 0.1) is 12.7 Å². The summed E-state index contributed by atoms with van der Waals surface area (Å²) in [5.74, 6) is 0.377. The van der Waals surface area contributed by atoms with E-state index in [-0.39, 0.29) is 24.0 Å². The van der Waals surface area contributed by atoms with Crippen LogP contribution in [-0.2, 0) is 0 Å². The fourth-order valence-electron chi connectivity index (χ4n) is 2.17. The Morgan fingerprint density at radius 2 is 2.26 bits per heavy atom. The fraction of sp³-hybridized carbons (Fsp3) is 0.571. The first-order valence-electron chi connectivity index (χ1n) is 6.47. The van der Waals surface area contributed by atoms with Gasteiger partial charge in [0.15, 0.2) is 11.4 Å². The zero-order valence-electron chi connectivity index (χ0n) is 11.6. The van der Waals surface area contributed by atoms with Crippen LogP contribution in [0, 0.1) is 5.41 Å². The lowest BCUT2D eigenvalue weighted by atomic mass is 9.83. The highest BCUT2D eigenvalue weighted by molar-refractivity contribution is 5.95. The molecule has 104 valence electrons. The van der Waals surface area contributed by atoms with Crippen molar-refractivity contribution in [1.29, 1.82) is 0 Å². The monoisotopic (exact) mass is 264 g/mol. The quantitative estimate of drug-likeness (QED) is 0.891. The number of carbonyl (C=O) groups excluding carboxylic acids is 1. The van der Waals surface area contributed by atoms with Crippen LogP contribution < -0.4 is 4.74 Å². The summed E-state index contributed by atoms with van der Waals surface area (Å²) < 4.78 is 5.60. The van der Waals surface area contributed by atoms with E-state index in [4.69, 9.17) is 4.74 Å². The number of hydrogen-bond donors (Lipinski definition) is 1. The predicted octanol–water partition coefficient (Wildman–Crippen LogP) is 1.32. The minimum absolute atomic E-state index is 0.00477. The lowest BCUT2D eigenvalue weighted by molar-refractivity contribution is -0.0159. The average Bonchev–Trinajstić information content (AvgIpc) is 2.34. The molecular formula is C14H20N2O3. The second-order valence-electron chi connectivity index (χ2n) is 5.65. The van der Waals surface area contributed by atoms with Gasteiger partial charge in [0.25, 0.3) is 5.91 Å². The summed E-state index contributed by atoms with van der Waals surface area (Å²) in [6.07, 6.45) is 1.58. The molecule has 0 radical (unpaired) electrons. The van der Waals surface area contributed by atoms with E-state index in [1.165, 1.54) is 0 Å². The van der Waals surface area contributed by atoms with Gasteiger partial charge in [-0.2, -0.15) is 0 Å². The van der Waals surface area contributed by atoms with E-state index < -0.39 is 0 Å². The van der Waals surface area contributed by atoms with Crippen molar-refractivity contribution in [3.8, 4) is 5.75 Å². The van der Waals surface area contributed by atoms with Gasteiger partial charge in [-0.25, -0.2) is 4.98 Å². The molecule has 0 bridgehead atoms. The van der Waals surface area contributed by atoms with Crippen molar-refractivity contribution in [2.75, 3.05) is 19.7 Å². The zero-order chi connectivity index (χ0) is 14.0. The fourth-order valence-corrected chi connectivity index (χ4v) is 2.17. The normalized spacial score (nSPS) is 17.2. The van der Waals surface area contributed by atoms with Gasteiger partial charge in [-0.05, 0) is 26.0 Å². The molecule has 0 aliphatic carbocycles. The second-order valence-corrected chi connectivity index (χ2v) is 5.65. The van der Waals surface area contributed by atoms with Crippen LogP contribution in [0.1, 0.15) is 31.3 Å². The average molecular weight is 264 g/mol. The molecule has 0 saturated carbocycles. The minimum atomic E-state index is -0.177. The number of hydrogen-bond acceptors (Lipinski definition) is 4. The van der Waals surface area contributed by atoms with Crippen LogP contribution >= 0.6 is 0 Å². The smallest absolute Gasteiger partial charge is 0.276 e. The Morgan fingerprint density at radius 3 is 2.84 bits per heavy atom. The molecule has 1 amide bonds. The number of carbonyl (C=O) groups is 1. The summed E-state index contributed by atoms with van der Waals surface area (Å²) in [6.45, 7) is 6.98. The summed E-state index contributed by atoms with van der Waals surface area (Å²) in [5.41, 5.74) is 0.167. The number of ether oxygens (including phenoxy) is 1. The lowest BCUT2D eigenvalue weighted by Crippen LogP contribution is -2.58. The van der Waals surface area contributed by atoms with Gasteiger partial charge in [0.2, 0.25) is 0 Å². The zero-order valence-corrected chi connectivity index (χ0v) is 11.6. The molecule has 2 rings (SSSR count). The third-order valence-electron chi connectivity index (χ3n) is 3.15. The van der Waals surface area contributed by atoms with E-state index in [2.05, 4.69) is 4.98 Å². The molecule has 0 spiro atoms. The molecule has 5 nitrogen and oxygen atoms in total. The van der Waals surface area contributed by atoms with E-state index in [0.29, 0.717) is 24.5 Å². The molecule has 0 aromatic carbocycles.